The van der Waals surface area contributed by atoms with E-state index >= 15 is 0 Å². The van der Waals surface area contributed by atoms with Crippen molar-refractivity contribution < 1.29 is 0 Å². The highest BCUT2D eigenvalue weighted by atomic mass is 35.5. The number of fused-ring (bicyclic) bond motifs is 1. The first-order valence-corrected chi connectivity index (χ1v) is 6.71. The zero-order valence-corrected chi connectivity index (χ0v) is 10.3. The Morgan fingerprint density at radius 1 is 1.19 bits per heavy atom. The molecule has 1 aromatic carbocycles. The number of likely N-dealkylation sites (tertiary alicyclic amines) is 1. The van der Waals surface area contributed by atoms with Gasteiger partial charge in [0.05, 0.1) is 0 Å². The first kappa shape index (κ1) is 10.6. The lowest BCUT2D eigenvalue weighted by Gasteiger charge is -2.37. The number of rotatable bonds is 2. The number of piperidine rings is 1. The second-order valence-electron chi connectivity index (χ2n) is 5.08. The van der Waals surface area contributed by atoms with E-state index in [9.17, 15) is 0 Å². The first-order valence-electron chi connectivity index (χ1n) is 6.27. The highest BCUT2D eigenvalue weighted by Crippen LogP contribution is 2.35. The molecule has 16 heavy (non-hydrogen) atoms. The van der Waals surface area contributed by atoms with Crippen LogP contribution in [0.1, 0.15) is 29.9 Å². The first-order chi connectivity index (χ1) is 7.83. The lowest BCUT2D eigenvalue weighted by Crippen LogP contribution is -2.39. The molecule has 0 N–H and O–H groups in total. The molecule has 1 aliphatic carbocycles. The zero-order chi connectivity index (χ0) is 11.0. The number of nitrogens with zero attached hydrogens (tertiary/aromatic N) is 1. The molecule has 2 heteroatoms. The van der Waals surface area contributed by atoms with Crippen LogP contribution in [0.25, 0.3) is 0 Å². The molecule has 3 rings (SSSR count). The van der Waals surface area contributed by atoms with Crippen LogP contribution in [-0.2, 0) is 6.42 Å². The van der Waals surface area contributed by atoms with E-state index in [1.165, 1.54) is 26.1 Å². The molecule has 1 atom stereocenters. The Morgan fingerprint density at radius 2 is 1.94 bits per heavy atom. The summed E-state index contributed by atoms with van der Waals surface area (Å²) in [6.07, 6.45) is 3.60. The fraction of sp³-hybridized carbons (Fsp3) is 0.571. The molecule has 1 heterocycles. The molecular formula is C14H18ClN. The van der Waals surface area contributed by atoms with E-state index in [1.807, 2.05) is 0 Å². The van der Waals surface area contributed by atoms with Gasteiger partial charge in [-0.05, 0) is 43.5 Å². The lowest BCUT2D eigenvalue weighted by molar-refractivity contribution is 0.211. The summed E-state index contributed by atoms with van der Waals surface area (Å²) in [5.41, 5.74) is 3.13. The number of alkyl halides is 1. The van der Waals surface area contributed by atoms with Gasteiger partial charge in [0.2, 0.25) is 0 Å². The van der Waals surface area contributed by atoms with Crippen LogP contribution >= 0.6 is 11.6 Å². The van der Waals surface area contributed by atoms with Crippen molar-refractivity contribution >= 4 is 11.6 Å². The third kappa shape index (κ3) is 1.99. The van der Waals surface area contributed by atoms with Gasteiger partial charge in [0.25, 0.3) is 0 Å². The zero-order valence-electron chi connectivity index (χ0n) is 9.53. The van der Waals surface area contributed by atoms with Crippen molar-refractivity contribution in [3.8, 4) is 0 Å². The Morgan fingerprint density at radius 3 is 2.69 bits per heavy atom. The predicted octanol–water partition coefficient (Wildman–Crippen LogP) is 3.03. The van der Waals surface area contributed by atoms with Gasteiger partial charge in [-0.15, -0.1) is 11.6 Å². The number of halogens is 1. The van der Waals surface area contributed by atoms with Crippen LogP contribution in [0.4, 0.5) is 0 Å². The Balaban J connectivity index is 1.58. The van der Waals surface area contributed by atoms with Crippen LogP contribution in [0.2, 0.25) is 0 Å². The van der Waals surface area contributed by atoms with E-state index < -0.39 is 0 Å². The quantitative estimate of drug-likeness (QED) is 0.713. The van der Waals surface area contributed by atoms with Crippen LogP contribution in [-0.4, -0.2) is 29.9 Å². The van der Waals surface area contributed by atoms with E-state index in [0.29, 0.717) is 5.38 Å². The minimum atomic E-state index is 0.421. The van der Waals surface area contributed by atoms with E-state index in [0.717, 1.165) is 18.8 Å². The standard InChI is InChI=1S/C14H18ClN/c15-13-5-7-16(8-6-13)10-12-9-11-3-1-2-4-14(11)12/h1-4,12-13H,5-10H2. The van der Waals surface area contributed by atoms with Gasteiger partial charge < -0.3 is 4.90 Å². The second kappa shape index (κ2) is 4.38. The molecule has 0 amide bonds. The molecule has 1 unspecified atom stereocenters. The van der Waals surface area contributed by atoms with Crippen molar-refractivity contribution in [3.63, 3.8) is 0 Å². The summed E-state index contributed by atoms with van der Waals surface area (Å²) in [7, 11) is 0. The second-order valence-corrected chi connectivity index (χ2v) is 5.69. The van der Waals surface area contributed by atoms with Gasteiger partial charge in [0.15, 0.2) is 0 Å². The fourth-order valence-electron chi connectivity index (χ4n) is 2.92. The largest absolute Gasteiger partial charge is 0.303 e. The lowest BCUT2D eigenvalue weighted by atomic mass is 9.77. The summed E-state index contributed by atoms with van der Waals surface area (Å²) in [4.78, 5) is 2.58. The Hall–Kier alpha value is -0.530. The van der Waals surface area contributed by atoms with Crippen LogP contribution in [0.5, 0.6) is 0 Å². The van der Waals surface area contributed by atoms with Gasteiger partial charge in [-0.2, -0.15) is 0 Å². The van der Waals surface area contributed by atoms with Crippen molar-refractivity contribution in [1.82, 2.24) is 4.90 Å². The molecule has 0 spiro atoms. The van der Waals surface area contributed by atoms with Crippen molar-refractivity contribution in [2.45, 2.75) is 30.6 Å². The van der Waals surface area contributed by atoms with E-state index in [4.69, 9.17) is 11.6 Å². The highest BCUT2D eigenvalue weighted by Gasteiger charge is 2.28. The number of hydrogen-bond donors (Lipinski definition) is 0. The summed E-state index contributed by atoms with van der Waals surface area (Å²) in [6.45, 7) is 3.61. The van der Waals surface area contributed by atoms with E-state index in [-0.39, 0.29) is 0 Å². The van der Waals surface area contributed by atoms with Crippen molar-refractivity contribution in [3.05, 3.63) is 35.4 Å². The topological polar surface area (TPSA) is 3.24 Å². The van der Waals surface area contributed by atoms with Gasteiger partial charge in [-0.1, -0.05) is 24.3 Å². The normalized spacial score (nSPS) is 26.2. The third-order valence-electron chi connectivity index (χ3n) is 3.96. The number of hydrogen-bond acceptors (Lipinski definition) is 1. The minimum absolute atomic E-state index is 0.421. The van der Waals surface area contributed by atoms with Crippen molar-refractivity contribution in [1.29, 1.82) is 0 Å². The smallest absolute Gasteiger partial charge is 0.0360 e. The molecule has 1 nitrogen and oxygen atoms in total. The molecule has 1 saturated heterocycles. The molecule has 0 aromatic heterocycles. The Bertz CT molecular complexity index is 369. The van der Waals surface area contributed by atoms with Crippen LogP contribution in [0.15, 0.2) is 24.3 Å². The predicted molar refractivity (Wildman–Crippen MR) is 68.2 cm³/mol. The molecule has 1 fully saturated rings. The third-order valence-corrected chi connectivity index (χ3v) is 4.39. The molecule has 0 bridgehead atoms. The summed E-state index contributed by atoms with van der Waals surface area (Å²) in [6, 6.07) is 8.86. The molecule has 0 radical (unpaired) electrons. The fourth-order valence-corrected chi connectivity index (χ4v) is 3.12. The molecule has 86 valence electrons. The van der Waals surface area contributed by atoms with E-state index in [2.05, 4.69) is 29.2 Å². The van der Waals surface area contributed by atoms with Gasteiger partial charge in [-0.3, -0.25) is 0 Å². The average Bonchev–Trinajstić information content (AvgIpc) is 2.28. The molecule has 1 aromatic rings. The van der Waals surface area contributed by atoms with E-state index in [1.54, 1.807) is 11.1 Å². The number of benzene rings is 1. The van der Waals surface area contributed by atoms with Crippen molar-refractivity contribution in [2.24, 2.45) is 0 Å². The van der Waals surface area contributed by atoms with Crippen molar-refractivity contribution in [2.75, 3.05) is 19.6 Å². The van der Waals surface area contributed by atoms with Gasteiger partial charge in [0, 0.05) is 17.8 Å². The SMILES string of the molecule is ClC1CCN(CC2Cc3ccccc32)CC1. The molecule has 0 saturated carbocycles. The maximum absolute atomic E-state index is 6.12. The minimum Gasteiger partial charge on any atom is -0.303 e. The molecule has 1 aliphatic heterocycles. The van der Waals surface area contributed by atoms with Gasteiger partial charge in [-0.25, -0.2) is 0 Å². The highest BCUT2D eigenvalue weighted by molar-refractivity contribution is 6.20. The van der Waals surface area contributed by atoms with Crippen LogP contribution in [0.3, 0.4) is 0 Å². The molecular weight excluding hydrogens is 218 g/mol. The van der Waals surface area contributed by atoms with Crippen LogP contribution in [0, 0.1) is 0 Å². The summed E-state index contributed by atoms with van der Waals surface area (Å²) < 4.78 is 0. The average molecular weight is 236 g/mol. The van der Waals surface area contributed by atoms with Gasteiger partial charge >= 0.3 is 0 Å². The maximum atomic E-state index is 6.12. The summed E-state index contributed by atoms with van der Waals surface area (Å²) in [5.74, 6) is 0.781. The molecule has 2 aliphatic rings. The Kier molecular flexibility index (Phi) is 2.91. The monoisotopic (exact) mass is 235 g/mol. The summed E-state index contributed by atoms with van der Waals surface area (Å²) >= 11 is 6.12. The Labute approximate surface area is 102 Å². The summed E-state index contributed by atoms with van der Waals surface area (Å²) in [5, 5.41) is 0.421. The van der Waals surface area contributed by atoms with Crippen LogP contribution < -0.4 is 0 Å². The maximum Gasteiger partial charge on any atom is 0.0360 e. The van der Waals surface area contributed by atoms with Gasteiger partial charge in [0.1, 0.15) is 0 Å².